The molecule has 0 saturated heterocycles. The highest BCUT2D eigenvalue weighted by atomic mass is 35.5. The Morgan fingerprint density at radius 3 is 2.61 bits per heavy atom. The van der Waals surface area contributed by atoms with Crippen LogP contribution in [-0.4, -0.2) is 31.4 Å². The van der Waals surface area contributed by atoms with Crippen molar-refractivity contribution in [2.45, 2.75) is 31.7 Å². The van der Waals surface area contributed by atoms with Crippen LogP contribution in [-0.2, 0) is 10.5 Å². The predicted octanol–water partition coefficient (Wildman–Crippen LogP) is 4.90. The van der Waals surface area contributed by atoms with E-state index < -0.39 is 0 Å². The number of fused-ring (bicyclic) bond motifs is 1. The van der Waals surface area contributed by atoms with Crippen LogP contribution in [0.5, 0.6) is 0 Å². The summed E-state index contributed by atoms with van der Waals surface area (Å²) in [6.07, 6.45) is 0. The number of anilines is 2. The second kappa shape index (κ2) is 9.60. The quantitative estimate of drug-likeness (QED) is 0.381. The number of aryl methyl sites for hydroxylation is 2. The highest BCUT2D eigenvalue weighted by Crippen LogP contribution is 2.27. The molecule has 2 aromatic heterocycles. The van der Waals surface area contributed by atoms with Gasteiger partial charge in [-0.1, -0.05) is 41.6 Å². The first-order valence-electron chi connectivity index (χ1n) is 10.1. The number of thioether (sulfide) groups is 1. The number of rotatable bonds is 6. The zero-order valence-corrected chi connectivity index (χ0v) is 19.8. The van der Waals surface area contributed by atoms with Gasteiger partial charge in [0, 0.05) is 35.3 Å². The van der Waals surface area contributed by atoms with Gasteiger partial charge in [0.15, 0.2) is 0 Å². The van der Waals surface area contributed by atoms with Crippen molar-refractivity contribution in [2.75, 3.05) is 10.6 Å². The van der Waals surface area contributed by atoms with Gasteiger partial charge in [-0.25, -0.2) is 9.50 Å². The maximum atomic E-state index is 13.0. The number of halogens is 1. The Bertz CT molecular complexity index is 1370. The number of hydrogen-bond acceptors (Lipinski definition) is 6. The fraction of sp³-hybridized carbons (Fsp3) is 0.174. The molecule has 168 valence electrons. The van der Waals surface area contributed by atoms with Gasteiger partial charge in [0.2, 0.25) is 11.1 Å². The molecule has 0 fully saturated rings. The number of hydrogen-bond donors (Lipinski definition) is 2. The molecule has 0 atom stereocenters. The molecule has 2 amide bonds. The average molecular weight is 481 g/mol. The molecule has 0 saturated carbocycles. The number of nitrogens with zero attached hydrogens (tertiary/aromatic N) is 4. The van der Waals surface area contributed by atoms with Gasteiger partial charge in [-0.3, -0.25) is 9.59 Å². The summed E-state index contributed by atoms with van der Waals surface area (Å²) in [5.41, 5.74) is 4.22. The molecular weight excluding hydrogens is 460 g/mol. The third-order valence-electron chi connectivity index (χ3n) is 4.76. The zero-order valence-electron chi connectivity index (χ0n) is 18.2. The summed E-state index contributed by atoms with van der Waals surface area (Å²) in [6.45, 7) is 5.29. The minimum atomic E-state index is -0.281. The molecule has 0 aliphatic rings. The van der Waals surface area contributed by atoms with E-state index in [4.69, 9.17) is 11.6 Å². The van der Waals surface area contributed by atoms with Gasteiger partial charge in [0.1, 0.15) is 0 Å². The average Bonchev–Trinajstić information content (AvgIpc) is 3.17. The fourth-order valence-corrected chi connectivity index (χ4v) is 4.36. The van der Waals surface area contributed by atoms with Gasteiger partial charge in [-0.05, 0) is 49.7 Å². The standard InChI is InChI=1S/C23H21ClN6O2S/c1-13-10-14(2)30-22(25-13)28-23(29-30)33-12-16-6-4-5-7-18(16)21(32)27-20-9-8-17(11-19(20)24)26-15(3)31/h4-11H,12H2,1-3H3,(H,26,31)(H,27,32). The molecule has 4 rings (SSSR count). The summed E-state index contributed by atoms with van der Waals surface area (Å²) in [5, 5.41) is 10.9. The van der Waals surface area contributed by atoms with Crippen LogP contribution in [0.1, 0.15) is 34.2 Å². The largest absolute Gasteiger partial charge is 0.326 e. The summed E-state index contributed by atoms with van der Waals surface area (Å²) in [5.74, 6) is 0.582. The van der Waals surface area contributed by atoms with Gasteiger partial charge in [0.25, 0.3) is 11.7 Å². The molecule has 2 heterocycles. The van der Waals surface area contributed by atoms with Crippen molar-refractivity contribution in [1.82, 2.24) is 19.6 Å². The van der Waals surface area contributed by atoms with E-state index in [-0.39, 0.29) is 11.8 Å². The number of nitrogens with one attached hydrogen (secondary N) is 2. The summed E-state index contributed by atoms with van der Waals surface area (Å²) in [4.78, 5) is 33.1. The lowest BCUT2D eigenvalue weighted by molar-refractivity contribution is -0.114. The lowest BCUT2D eigenvalue weighted by atomic mass is 10.1. The van der Waals surface area contributed by atoms with Gasteiger partial charge in [0.05, 0.1) is 10.7 Å². The molecule has 2 N–H and O–H groups in total. The minimum Gasteiger partial charge on any atom is -0.326 e. The molecule has 0 aliphatic carbocycles. The molecule has 0 spiro atoms. The molecule has 4 aromatic rings. The number of carbonyl (C=O) groups excluding carboxylic acids is 2. The van der Waals surface area contributed by atoms with E-state index in [2.05, 4.69) is 25.7 Å². The number of benzene rings is 2. The summed E-state index contributed by atoms with van der Waals surface area (Å²) >= 11 is 7.73. The Labute approximate surface area is 199 Å². The Balaban J connectivity index is 1.50. The molecule has 0 unspecified atom stereocenters. The zero-order chi connectivity index (χ0) is 23.5. The maximum Gasteiger partial charge on any atom is 0.256 e. The topological polar surface area (TPSA) is 101 Å². The molecule has 2 aromatic carbocycles. The number of carbonyl (C=O) groups is 2. The normalized spacial score (nSPS) is 10.9. The van der Waals surface area contributed by atoms with Crippen molar-refractivity contribution < 1.29 is 9.59 Å². The molecule has 33 heavy (non-hydrogen) atoms. The van der Waals surface area contributed by atoms with Crippen molar-refractivity contribution in [3.05, 3.63) is 76.1 Å². The third-order valence-corrected chi connectivity index (χ3v) is 5.95. The van der Waals surface area contributed by atoms with Crippen LogP contribution in [0.3, 0.4) is 0 Å². The molecule has 10 heteroatoms. The van der Waals surface area contributed by atoms with E-state index in [1.54, 1.807) is 28.8 Å². The highest BCUT2D eigenvalue weighted by Gasteiger charge is 2.15. The van der Waals surface area contributed by atoms with E-state index in [9.17, 15) is 9.59 Å². The van der Waals surface area contributed by atoms with Crippen LogP contribution in [0.4, 0.5) is 11.4 Å². The summed E-state index contributed by atoms with van der Waals surface area (Å²) < 4.78 is 1.71. The number of amides is 2. The second-order valence-electron chi connectivity index (χ2n) is 7.42. The third kappa shape index (κ3) is 5.32. The smallest absolute Gasteiger partial charge is 0.256 e. The second-order valence-corrected chi connectivity index (χ2v) is 8.77. The first-order valence-corrected chi connectivity index (χ1v) is 11.5. The maximum absolute atomic E-state index is 13.0. The van der Waals surface area contributed by atoms with Crippen molar-refractivity contribution in [3.8, 4) is 0 Å². The Morgan fingerprint density at radius 2 is 1.85 bits per heavy atom. The van der Waals surface area contributed by atoms with E-state index in [1.807, 2.05) is 38.1 Å². The molecule has 8 nitrogen and oxygen atoms in total. The van der Waals surface area contributed by atoms with E-state index in [0.29, 0.717) is 38.6 Å². The Kier molecular flexibility index (Phi) is 6.62. The van der Waals surface area contributed by atoms with Gasteiger partial charge < -0.3 is 10.6 Å². The van der Waals surface area contributed by atoms with Crippen LogP contribution in [0.2, 0.25) is 5.02 Å². The summed E-state index contributed by atoms with van der Waals surface area (Å²) in [6, 6.07) is 14.2. The molecular formula is C23H21ClN6O2S. The van der Waals surface area contributed by atoms with Crippen molar-refractivity contribution in [1.29, 1.82) is 0 Å². The van der Waals surface area contributed by atoms with Crippen LogP contribution in [0.15, 0.2) is 53.7 Å². The highest BCUT2D eigenvalue weighted by molar-refractivity contribution is 7.98. The fourth-order valence-electron chi connectivity index (χ4n) is 3.31. The Morgan fingerprint density at radius 1 is 1.06 bits per heavy atom. The lowest BCUT2D eigenvalue weighted by Gasteiger charge is -2.12. The van der Waals surface area contributed by atoms with Crippen molar-refractivity contribution in [3.63, 3.8) is 0 Å². The van der Waals surface area contributed by atoms with Gasteiger partial charge in [-0.15, -0.1) is 5.10 Å². The van der Waals surface area contributed by atoms with Crippen molar-refractivity contribution in [2.24, 2.45) is 0 Å². The first kappa shape index (κ1) is 22.8. The molecule has 0 radical (unpaired) electrons. The minimum absolute atomic E-state index is 0.199. The Hall–Kier alpha value is -3.43. The monoisotopic (exact) mass is 480 g/mol. The van der Waals surface area contributed by atoms with Crippen LogP contribution >= 0.6 is 23.4 Å². The lowest BCUT2D eigenvalue weighted by Crippen LogP contribution is -2.14. The van der Waals surface area contributed by atoms with Gasteiger partial charge >= 0.3 is 0 Å². The van der Waals surface area contributed by atoms with E-state index in [0.717, 1.165) is 17.0 Å². The summed E-state index contributed by atoms with van der Waals surface area (Å²) in [7, 11) is 0. The SMILES string of the molecule is CC(=O)Nc1ccc(NC(=O)c2ccccc2CSc2nc3nc(C)cc(C)n3n2)c(Cl)c1. The van der Waals surface area contributed by atoms with Crippen molar-refractivity contribution >= 4 is 52.3 Å². The van der Waals surface area contributed by atoms with Crippen LogP contribution in [0, 0.1) is 13.8 Å². The first-order chi connectivity index (χ1) is 15.8. The predicted molar refractivity (Wildman–Crippen MR) is 130 cm³/mol. The molecule has 0 aliphatic heterocycles. The van der Waals surface area contributed by atoms with Gasteiger partial charge in [-0.2, -0.15) is 4.98 Å². The molecule has 0 bridgehead atoms. The number of aromatic nitrogens is 4. The van der Waals surface area contributed by atoms with E-state index >= 15 is 0 Å². The van der Waals surface area contributed by atoms with Crippen LogP contribution < -0.4 is 10.6 Å². The van der Waals surface area contributed by atoms with Crippen LogP contribution in [0.25, 0.3) is 5.78 Å². The van der Waals surface area contributed by atoms with E-state index in [1.165, 1.54) is 18.7 Å².